The maximum Gasteiger partial charge on any atom is 0.472 e. The minimum atomic E-state index is -4.62. The number of unbranched alkanes of at least 4 members (excludes halogenated alkanes) is 9. The SMILES string of the molecule is CC/C=C/C/C=C/C/C=C/C/C=C/CCCCC(=O)OC[C@H](COP(=O)(O)OC[C@@H](O)CO)OC(=O)CCCCCCC/C=C/CCCC. The molecule has 282 valence electrons. The number of rotatable bonds is 33. The Bertz CT molecular complexity index is 1000. The molecular weight excluding hydrogens is 647 g/mol. The third-order valence-electron chi connectivity index (χ3n) is 7.16. The summed E-state index contributed by atoms with van der Waals surface area (Å²) in [6.07, 6.45) is 34.9. The van der Waals surface area contributed by atoms with Gasteiger partial charge in [-0.15, -0.1) is 0 Å². The number of hydrogen-bond acceptors (Lipinski definition) is 9. The van der Waals surface area contributed by atoms with Crippen LogP contribution in [0.2, 0.25) is 0 Å². The topological polar surface area (TPSA) is 149 Å². The van der Waals surface area contributed by atoms with Crippen LogP contribution < -0.4 is 0 Å². The number of ether oxygens (including phenoxy) is 2. The molecular formula is C38H65O10P. The van der Waals surface area contributed by atoms with Crippen LogP contribution in [-0.4, -0.2) is 65.7 Å². The first-order valence-corrected chi connectivity index (χ1v) is 19.7. The van der Waals surface area contributed by atoms with E-state index in [-0.39, 0.29) is 19.4 Å². The molecule has 1 unspecified atom stereocenters. The van der Waals surface area contributed by atoms with Gasteiger partial charge in [0.25, 0.3) is 0 Å². The maximum absolute atomic E-state index is 12.5. The summed E-state index contributed by atoms with van der Waals surface area (Å²) in [5.74, 6) is -0.994. The van der Waals surface area contributed by atoms with Crippen molar-refractivity contribution in [3.8, 4) is 0 Å². The fourth-order valence-electron chi connectivity index (χ4n) is 4.32. The molecule has 0 spiro atoms. The van der Waals surface area contributed by atoms with E-state index in [0.717, 1.165) is 77.0 Å². The third-order valence-corrected chi connectivity index (χ3v) is 8.11. The summed E-state index contributed by atoms with van der Waals surface area (Å²) in [5, 5.41) is 18.2. The summed E-state index contributed by atoms with van der Waals surface area (Å²) in [6, 6.07) is 0. The number of phosphoric ester groups is 1. The Morgan fingerprint density at radius 3 is 1.76 bits per heavy atom. The van der Waals surface area contributed by atoms with Gasteiger partial charge < -0.3 is 24.6 Å². The smallest absolute Gasteiger partial charge is 0.462 e. The maximum atomic E-state index is 12.5. The predicted molar refractivity (Wildman–Crippen MR) is 196 cm³/mol. The molecule has 0 aliphatic carbocycles. The molecule has 3 atom stereocenters. The molecule has 11 heteroatoms. The van der Waals surface area contributed by atoms with E-state index in [1.807, 2.05) is 0 Å². The van der Waals surface area contributed by atoms with Crippen LogP contribution in [0.15, 0.2) is 60.8 Å². The van der Waals surface area contributed by atoms with Crippen LogP contribution in [0, 0.1) is 0 Å². The molecule has 0 aromatic carbocycles. The first-order chi connectivity index (χ1) is 23.7. The average Bonchev–Trinajstić information content (AvgIpc) is 3.09. The van der Waals surface area contributed by atoms with Crippen molar-refractivity contribution in [1.29, 1.82) is 0 Å². The zero-order valence-corrected chi connectivity index (χ0v) is 31.0. The van der Waals surface area contributed by atoms with E-state index in [1.54, 1.807) is 0 Å². The van der Waals surface area contributed by atoms with Crippen molar-refractivity contribution in [3.63, 3.8) is 0 Å². The highest BCUT2D eigenvalue weighted by Crippen LogP contribution is 2.43. The number of phosphoric acid groups is 1. The van der Waals surface area contributed by atoms with Crippen LogP contribution >= 0.6 is 7.82 Å². The molecule has 0 aliphatic rings. The van der Waals surface area contributed by atoms with Crippen molar-refractivity contribution in [1.82, 2.24) is 0 Å². The summed E-state index contributed by atoms with van der Waals surface area (Å²) in [4.78, 5) is 34.7. The molecule has 0 aromatic heterocycles. The highest BCUT2D eigenvalue weighted by Gasteiger charge is 2.27. The highest BCUT2D eigenvalue weighted by atomic mass is 31.2. The number of aliphatic hydroxyl groups is 2. The van der Waals surface area contributed by atoms with Gasteiger partial charge in [-0.1, -0.05) is 107 Å². The second-order valence-corrected chi connectivity index (χ2v) is 13.3. The minimum Gasteiger partial charge on any atom is -0.462 e. The summed E-state index contributed by atoms with van der Waals surface area (Å²) >= 11 is 0. The quantitative estimate of drug-likeness (QED) is 0.0261. The molecule has 10 nitrogen and oxygen atoms in total. The number of carbonyl (C=O) groups is 2. The molecule has 0 amide bonds. The standard InChI is InChI=1S/C38H65O10P/c1-3-5-7-9-11-13-15-16-17-18-20-21-23-25-27-29-37(41)45-33-36(34-47-49(43,44)46-32-35(40)31-39)48-38(42)30-28-26-24-22-19-14-12-10-8-6-4-2/h5,7,10-13,16-17,20-21,35-36,39-40H,3-4,6,8-9,14-15,18-19,22-34H2,1-2H3,(H,43,44)/b7-5+,12-10+,13-11+,17-16+,21-20+/t35-,36+/m0/s1. The van der Waals surface area contributed by atoms with Gasteiger partial charge in [-0.2, -0.15) is 0 Å². The van der Waals surface area contributed by atoms with E-state index in [9.17, 15) is 24.2 Å². The largest absolute Gasteiger partial charge is 0.472 e. The third kappa shape index (κ3) is 33.9. The second-order valence-electron chi connectivity index (χ2n) is 11.9. The number of allylic oxidation sites excluding steroid dienone is 10. The monoisotopic (exact) mass is 712 g/mol. The van der Waals surface area contributed by atoms with Gasteiger partial charge in [0, 0.05) is 12.8 Å². The van der Waals surface area contributed by atoms with E-state index in [4.69, 9.17) is 19.1 Å². The van der Waals surface area contributed by atoms with E-state index >= 15 is 0 Å². The van der Waals surface area contributed by atoms with E-state index in [1.165, 1.54) is 12.8 Å². The van der Waals surface area contributed by atoms with Crippen LogP contribution in [0.25, 0.3) is 0 Å². The Morgan fingerprint density at radius 1 is 0.633 bits per heavy atom. The van der Waals surface area contributed by atoms with Crippen molar-refractivity contribution in [3.05, 3.63) is 60.8 Å². The lowest BCUT2D eigenvalue weighted by Gasteiger charge is -2.20. The second kappa shape index (κ2) is 34.1. The minimum absolute atomic E-state index is 0.161. The Balaban J connectivity index is 4.48. The van der Waals surface area contributed by atoms with Gasteiger partial charge in [-0.3, -0.25) is 18.6 Å². The Morgan fingerprint density at radius 2 is 1.12 bits per heavy atom. The van der Waals surface area contributed by atoms with Crippen molar-refractivity contribution >= 4 is 19.8 Å². The van der Waals surface area contributed by atoms with Gasteiger partial charge in [-0.25, -0.2) is 4.57 Å². The zero-order chi connectivity index (χ0) is 36.3. The molecule has 0 aliphatic heterocycles. The lowest BCUT2D eigenvalue weighted by molar-refractivity contribution is -0.161. The van der Waals surface area contributed by atoms with Crippen molar-refractivity contribution in [2.75, 3.05) is 26.4 Å². The van der Waals surface area contributed by atoms with Gasteiger partial charge in [0.15, 0.2) is 6.10 Å². The zero-order valence-electron chi connectivity index (χ0n) is 30.1. The van der Waals surface area contributed by atoms with E-state index < -0.39 is 51.8 Å². The Labute approximate surface area is 296 Å². The van der Waals surface area contributed by atoms with Crippen LogP contribution in [0.4, 0.5) is 0 Å². The molecule has 0 bridgehead atoms. The van der Waals surface area contributed by atoms with Crippen LogP contribution in [0.1, 0.15) is 129 Å². The number of aliphatic hydroxyl groups excluding tert-OH is 2. The fourth-order valence-corrected chi connectivity index (χ4v) is 5.10. The van der Waals surface area contributed by atoms with Crippen LogP contribution in [-0.2, 0) is 32.7 Å². The normalized spacial score (nSPS) is 14.8. The van der Waals surface area contributed by atoms with Crippen LogP contribution in [0.5, 0.6) is 0 Å². The van der Waals surface area contributed by atoms with Crippen molar-refractivity contribution in [2.45, 2.75) is 142 Å². The van der Waals surface area contributed by atoms with Gasteiger partial charge in [0.2, 0.25) is 0 Å². The fraction of sp³-hybridized carbons (Fsp3) is 0.684. The van der Waals surface area contributed by atoms with Crippen molar-refractivity contribution in [2.24, 2.45) is 0 Å². The van der Waals surface area contributed by atoms with E-state index in [0.29, 0.717) is 12.8 Å². The van der Waals surface area contributed by atoms with Gasteiger partial charge in [0.1, 0.15) is 12.7 Å². The summed E-state index contributed by atoms with van der Waals surface area (Å²) in [5.41, 5.74) is 0. The van der Waals surface area contributed by atoms with Gasteiger partial charge in [-0.05, 0) is 70.6 Å². The first kappa shape index (κ1) is 46.7. The number of esters is 2. The van der Waals surface area contributed by atoms with Gasteiger partial charge >= 0.3 is 19.8 Å². The lowest BCUT2D eigenvalue weighted by atomic mass is 10.1. The Hall–Kier alpha value is -2.33. The molecule has 3 N–H and O–H groups in total. The highest BCUT2D eigenvalue weighted by molar-refractivity contribution is 7.47. The average molecular weight is 713 g/mol. The summed E-state index contributed by atoms with van der Waals surface area (Å²) < 4.78 is 32.5. The van der Waals surface area contributed by atoms with Crippen molar-refractivity contribution < 1.29 is 47.8 Å². The van der Waals surface area contributed by atoms with Crippen LogP contribution in [0.3, 0.4) is 0 Å². The summed E-state index contributed by atoms with van der Waals surface area (Å²) in [7, 11) is -4.62. The molecule has 0 heterocycles. The molecule has 0 radical (unpaired) electrons. The molecule has 0 fully saturated rings. The molecule has 0 saturated heterocycles. The summed E-state index contributed by atoms with van der Waals surface area (Å²) in [6.45, 7) is 2.13. The predicted octanol–water partition coefficient (Wildman–Crippen LogP) is 8.77. The number of carbonyl (C=O) groups excluding carboxylic acids is 2. The molecule has 0 saturated carbocycles. The van der Waals surface area contributed by atoms with E-state index in [2.05, 4.69) is 79.1 Å². The lowest BCUT2D eigenvalue weighted by Crippen LogP contribution is -2.29. The molecule has 49 heavy (non-hydrogen) atoms. The molecule has 0 aromatic rings. The first-order valence-electron chi connectivity index (χ1n) is 18.2. The number of hydrogen-bond donors (Lipinski definition) is 3. The Kier molecular flexibility index (Phi) is 32.5. The van der Waals surface area contributed by atoms with Gasteiger partial charge in [0.05, 0.1) is 19.8 Å². The molecule has 0 rings (SSSR count).